The van der Waals surface area contributed by atoms with Gasteiger partial charge in [0.05, 0.1) is 13.2 Å². The number of piperazine rings is 1. The Morgan fingerprint density at radius 2 is 0.968 bits per heavy atom. The van der Waals surface area contributed by atoms with Crippen LogP contribution in [0.3, 0.4) is 0 Å². The second kappa shape index (κ2) is 37.0. The molecule has 5 heterocycles. The van der Waals surface area contributed by atoms with Crippen molar-refractivity contribution in [1.82, 2.24) is 56.8 Å². The normalized spacial score (nSPS) is 18.1. The van der Waals surface area contributed by atoms with Crippen molar-refractivity contribution >= 4 is 5.69 Å². The summed E-state index contributed by atoms with van der Waals surface area (Å²) in [7, 11) is 2.17. The molecule has 6 rings (SSSR count). The van der Waals surface area contributed by atoms with Gasteiger partial charge in [0.15, 0.2) is 0 Å². The first-order valence-corrected chi connectivity index (χ1v) is 24.5. The van der Waals surface area contributed by atoms with Gasteiger partial charge in [0, 0.05) is 132 Å². The third-order valence-electron chi connectivity index (χ3n) is 9.97. The Balaban J connectivity index is 0.000000372. The highest BCUT2D eigenvalue weighted by molar-refractivity contribution is 5.41. The average molecular weight is 871 g/mol. The Kier molecular flexibility index (Phi) is 34.4. The molecule has 1 aliphatic carbocycles. The zero-order chi connectivity index (χ0) is 46.0. The summed E-state index contributed by atoms with van der Waals surface area (Å²) >= 11 is 0. The van der Waals surface area contributed by atoms with Gasteiger partial charge >= 0.3 is 0 Å². The molecule has 360 valence electrons. The van der Waals surface area contributed by atoms with Crippen molar-refractivity contribution in [3.63, 3.8) is 0 Å². The van der Waals surface area contributed by atoms with Crippen LogP contribution < -0.4 is 32.2 Å². The molecule has 0 bridgehead atoms. The van der Waals surface area contributed by atoms with Crippen LogP contribution in [0, 0.1) is 0 Å². The third kappa shape index (κ3) is 35.1. The molecule has 2 aromatic rings. The number of nitrogens with zero attached hydrogens (tertiary/aromatic N) is 6. The van der Waals surface area contributed by atoms with E-state index in [0.29, 0.717) is 36.3 Å². The van der Waals surface area contributed by atoms with Gasteiger partial charge in [-0.25, -0.2) is 15.0 Å². The van der Waals surface area contributed by atoms with Crippen LogP contribution in [-0.2, 0) is 11.3 Å². The second-order valence-electron chi connectivity index (χ2n) is 18.9. The molecule has 0 amide bonds. The summed E-state index contributed by atoms with van der Waals surface area (Å²) in [4.78, 5) is 10.2. The largest absolute Gasteiger partial charge is 0.383 e. The number of hydrazine groups is 3. The first-order valence-electron chi connectivity index (χ1n) is 24.5. The maximum Gasteiger partial charge on any atom is 0.0608 e. The van der Waals surface area contributed by atoms with Gasteiger partial charge in [-0.1, -0.05) is 53.4 Å². The molecule has 6 N–H and O–H groups in total. The zero-order valence-corrected chi connectivity index (χ0v) is 42.2. The van der Waals surface area contributed by atoms with Crippen molar-refractivity contribution in [3.8, 4) is 0 Å². The fourth-order valence-corrected chi connectivity index (χ4v) is 7.09. The van der Waals surface area contributed by atoms with E-state index in [-0.39, 0.29) is 0 Å². The van der Waals surface area contributed by atoms with Gasteiger partial charge in [-0.3, -0.25) is 26.2 Å². The van der Waals surface area contributed by atoms with Gasteiger partial charge < -0.3 is 25.6 Å². The number of aromatic nitrogens is 2. The summed E-state index contributed by atoms with van der Waals surface area (Å²) in [6, 6.07) is 12.2. The zero-order valence-electron chi connectivity index (χ0n) is 42.2. The lowest BCUT2D eigenvalue weighted by molar-refractivity contribution is 0.00646. The van der Waals surface area contributed by atoms with Gasteiger partial charge in [0.25, 0.3) is 0 Å². The first-order chi connectivity index (χ1) is 29.6. The van der Waals surface area contributed by atoms with Crippen LogP contribution in [0.1, 0.15) is 140 Å². The number of piperidine rings is 1. The van der Waals surface area contributed by atoms with Crippen LogP contribution >= 0.6 is 0 Å². The molecule has 1 saturated carbocycles. The molecule has 3 saturated heterocycles. The fourth-order valence-electron chi connectivity index (χ4n) is 7.09. The predicted octanol–water partition coefficient (Wildman–Crippen LogP) is 7.56. The fraction of sp³-hybridized carbons (Fsp3) is 0.796. The van der Waals surface area contributed by atoms with Gasteiger partial charge in [-0.15, -0.1) is 0 Å². The Hall–Kier alpha value is -2.30. The van der Waals surface area contributed by atoms with Crippen molar-refractivity contribution < 1.29 is 4.74 Å². The Morgan fingerprint density at radius 3 is 1.42 bits per heavy atom. The first kappa shape index (κ1) is 57.7. The minimum atomic E-state index is 0.488. The lowest BCUT2D eigenvalue weighted by atomic mass is 9.95. The summed E-state index contributed by atoms with van der Waals surface area (Å²) in [6.07, 6.45) is 18.5. The van der Waals surface area contributed by atoms with E-state index >= 15 is 0 Å². The number of hydrogen-bond donors (Lipinski definition) is 6. The Labute approximate surface area is 382 Å². The Bertz CT molecular complexity index is 1170. The average Bonchev–Trinajstić information content (AvgIpc) is 3.23. The number of nitrogens with one attached hydrogen (secondary N) is 6. The molecule has 0 spiro atoms. The lowest BCUT2D eigenvalue weighted by Gasteiger charge is -2.33. The molecular weight excluding hydrogens is 773 g/mol. The number of rotatable bonds is 13. The smallest absolute Gasteiger partial charge is 0.0608 e. The van der Waals surface area contributed by atoms with Crippen LogP contribution in [0.2, 0.25) is 0 Å². The van der Waals surface area contributed by atoms with Crippen molar-refractivity contribution in [2.75, 3.05) is 77.9 Å². The Morgan fingerprint density at radius 1 is 0.516 bits per heavy atom. The standard InChI is InChI=1S/C9H14N2.C9H19N.C8H19N3.C8H12N2.C8H18N2.C7H16N2O/c1-8(2)11-7-9-3-5-10-6-4-9;1-8(2)10-9-6-4-3-5-7-9;1-8(2)9-11-6-4-10(3)5-7-11;1-7(2)10-8-3-5-9-6-4-8;1-8(2)9-10-6-4-3-5-7-10;1-7(2)8-9-3-5-10-6-4-9/h3-6,8,11H,7H2,1-2H3;8-10H,3-7H2,1-2H3;8-9H,4-7H2,1-3H3;3-7H,1-2H3,(H,9,10);8-9H,3-7H2,1-2H3;7-8H,3-6H2,1-2H3. The number of ether oxygens (including phenoxy) is 1. The van der Waals surface area contributed by atoms with E-state index in [1.165, 1.54) is 83.1 Å². The van der Waals surface area contributed by atoms with Crippen LogP contribution in [-0.4, -0.2) is 145 Å². The number of morpholine rings is 1. The highest BCUT2D eigenvalue weighted by Gasteiger charge is 2.14. The molecule has 4 fully saturated rings. The van der Waals surface area contributed by atoms with E-state index in [0.717, 1.165) is 57.7 Å². The minimum absolute atomic E-state index is 0.488. The van der Waals surface area contributed by atoms with Gasteiger partial charge in [-0.2, -0.15) is 0 Å². The van der Waals surface area contributed by atoms with Crippen LogP contribution in [0.4, 0.5) is 5.69 Å². The highest BCUT2D eigenvalue weighted by Crippen LogP contribution is 2.17. The van der Waals surface area contributed by atoms with Crippen molar-refractivity contribution in [1.29, 1.82) is 0 Å². The quantitative estimate of drug-likeness (QED) is 0.119. The number of hydrogen-bond acceptors (Lipinski definition) is 13. The molecule has 13 heteroatoms. The van der Waals surface area contributed by atoms with Crippen LogP contribution in [0.25, 0.3) is 0 Å². The van der Waals surface area contributed by atoms with Crippen LogP contribution in [0.15, 0.2) is 49.1 Å². The van der Waals surface area contributed by atoms with Gasteiger partial charge in [0.2, 0.25) is 0 Å². The summed E-state index contributed by atoms with van der Waals surface area (Å²) in [5, 5.41) is 17.0. The van der Waals surface area contributed by atoms with E-state index in [4.69, 9.17) is 4.74 Å². The summed E-state index contributed by atoms with van der Waals surface area (Å²) < 4.78 is 5.20. The van der Waals surface area contributed by atoms with Crippen molar-refractivity contribution in [2.24, 2.45) is 0 Å². The molecule has 0 aromatic carbocycles. The molecule has 13 nitrogen and oxygen atoms in total. The highest BCUT2D eigenvalue weighted by atomic mass is 16.5. The SMILES string of the molecule is CC(C)NC1CCCCC1.CC(C)NCc1ccncc1.CC(C)NN1CCCCC1.CC(C)NN1CCN(C)CC1.CC(C)NN1CCOCC1.CC(C)Nc1ccncc1. The minimum Gasteiger partial charge on any atom is -0.383 e. The molecule has 4 aliphatic rings. The molecule has 0 unspecified atom stereocenters. The van der Waals surface area contributed by atoms with E-state index in [1.54, 1.807) is 12.4 Å². The lowest BCUT2D eigenvalue weighted by Crippen LogP contribution is -2.52. The van der Waals surface area contributed by atoms with Gasteiger partial charge in [0.1, 0.15) is 0 Å². The predicted molar refractivity (Wildman–Crippen MR) is 266 cm³/mol. The van der Waals surface area contributed by atoms with E-state index in [9.17, 15) is 0 Å². The summed E-state index contributed by atoms with van der Waals surface area (Å²) in [5.41, 5.74) is 12.6. The van der Waals surface area contributed by atoms with E-state index in [2.05, 4.69) is 152 Å². The number of pyridine rings is 2. The summed E-state index contributed by atoms with van der Waals surface area (Å²) in [5.74, 6) is 0. The van der Waals surface area contributed by atoms with Crippen molar-refractivity contribution in [2.45, 2.75) is 183 Å². The molecule has 3 aliphatic heterocycles. The van der Waals surface area contributed by atoms with Crippen molar-refractivity contribution in [3.05, 3.63) is 54.6 Å². The number of likely N-dealkylation sites (N-methyl/N-ethyl adjacent to an activating group) is 1. The van der Waals surface area contributed by atoms with E-state index in [1.807, 2.05) is 36.7 Å². The molecule has 0 atom stereocenters. The van der Waals surface area contributed by atoms with E-state index < -0.39 is 0 Å². The second-order valence-corrected chi connectivity index (χ2v) is 18.9. The maximum atomic E-state index is 5.20. The van der Waals surface area contributed by atoms with Crippen LogP contribution in [0.5, 0.6) is 0 Å². The maximum absolute atomic E-state index is 5.20. The topological polar surface area (TPSA) is 120 Å². The number of anilines is 1. The molecule has 0 radical (unpaired) electrons. The molecular formula is C49H98N12O. The summed E-state index contributed by atoms with van der Waals surface area (Å²) in [6.45, 7) is 37.8. The van der Waals surface area contributed by atoms with Gasteiger partial charge in [-0.05, 0) is 118 Å². The third-order valence-corrected chi connectivity index (χ3v) is 9.97. The molecule has 62 heavy (non-hydrogen) atoms. The monoisotopic (exact) mass is 871 g/mol. The molecule has 2 aromatic heterocycles.